The van der Waals surface area contributed by atoms with Gasteiger partial charge in [0.1, 0.15) is 4.90 Å². The van der Waals surface area contributed by atoms with E-state index in [1.807, 2.05) is 6.07 Å². The molecule has 1 saturated heterocycles. The van der Waals surface area contributed by atoms with Crippen LogP contribution in [0.3, 0.4) is 0 Å². The molecule has 24 heavy (non-hydrogen) atoms. The van der Waals surface area contributed by atoms with Crippen molar-refractivity contribution in [2.45, 2.75) is 17.9 Å². The predicted octanol–water partition coefficient (Wildman–Crippen LogP) is 3.95. The quantitative estimate of drug-likeness (QED) is 0.774. The van der Waals surface area contributed by atoms with Crippen LogP contribution in [0.1, 0.15) is 11.3 Å². The predicted molar refractivity (Wildman–Crippen MR) is 99.4 cm³/mol. The van der Waals surface area contributed by atoms with Gasteiger partial charge in [0.2, 0.25) is 10.0 Å². The molecule has 130 valence electrons. The smallest absolute Gasteiger partial charge is 0.244 e. The molecule has 0 atom stereocenters. The van der Waals surface area contributed by atoms with E-state index in [0.29, 0.717) is 19.6 Å². The maximum Gasteiger partial charge on any atom is 0.244 e. The summed E-state index contributed by atoms with van der Waals surface area (Å²) in [5.41, 5.74) is 0. The SMILES string of the molecule is O=S(=O)(c1cccc(Cl)c1Cl)N1CCCN(Cc2cccs2)CC1. The van der Waals surface area contributed by atoms with E-state index in [2.05, 4.69) is 16.3 Å². The van der Waals surface area contributed by atoms with Crippen LogP contribution in [-0.2, 0) is 16.6 Å². The van der Waals surface area contributed by atoms with Gasteiger partial charge in [-0.2, -0.15) is 4.31 Å². The van der Waals surface area contributed by atoms with Gasteiger partial charge in [0.05, 0.1) is 10.0 Å². The zero-order valence-corrected chi connectivity index (χ0v) is 16.1. The lowest BCUT2D eigenvalue weighted by atomic mass is 10.3. The molecule has 2 heterocycles. The third kappa shape index (κ3) is 3.95. The standard InChI is InChI=1S/C16H18Cl2N2O2S2/c17-14-5-1-6-15(16(14)18)24(21,22)20-8-3-7-19(9-10-20)12-13-4-2-11-23-13/h1-2,4-6,11H,3,7-10,12H2. The average Bonchev–Trinajstić information content (AvgIpc) is 2.93. The van der Waals surface area contributed by atoms with E-state index in [0.717, 1.165) is 19.5 Å². The first-order valence-corrected chi connectivity index (χ1v) is 10.7. The van der Waals surface area contributed by atoms with Gasteiger partial charge in [-0.15, -0.1) is 11.3 Å². The van der Waals surface area contributed by atoms with Crippen LogP contribution in [0.2, 0.25) is 10.0 Å². The van der Waals surface area contributed by atoms with Gasteiger partial charge in [-0.1, -0.05) is 35.3 Å². The largest absolute Gasteiger partial charge is 0.297 e. The number of benzene rings is 1. The number of hydrogen-bond acceptors (Lipinski definition) is 4. The van der Waals surface area contributed by atoms with Crippen LogP contribution in [0.25, 0.3) is 0 Å². The highest BCUT2D eigenvalue weighted by Gasteiger charge is 2.29. The van der Waals surface area contributed by atoms with Gasteiger partial charge in [0.15, 0.2) is 0 Å². The van der Waals surface area contributed by atoms with Crippen LogP contribution in [0.5, 0.6) is 0 Å². The highest BCUT2D eigenvalue weighted by Crippen LogP contribution is 2.31. The number of sulfonamides is 1. The number of nitrogens with zero attached hydrogens (tertiary/aromatic N) is 2. The van der Waals surface area contributed by atoms with Crippen molar-refractivity contribution in [3.05, 3.63) is 50.6 Å². The van der Waals surface area contributed by atoms with Crippen molar-refractivity contribution in [1.82, 2.24) is 9.21 Å². The normalized spacial score (nSPS) is 17.8. The Balaban J connectivity index is 1.74. The molecule has 0 saturated carbocycles. The Morgan fingerprint density at radius 2 is 1.88 bits per heavy atom. The van der Waals surface area contributed by atoms with Gasteiger partial charge in [-0.05, 0) is 36.5 Å². The van der Waals surface area contributed by atoms with E-state index < -0.39 is 10.0 Å². The Morgan fingerprint density at radius 3 is 2.62 bits per heavy atom. The van der Waals surface area contributed by atoms with Crippen molar-refractivity contribution in [3.63, 3.8) is 0 Å². The molecule has 0 unspecified atom stereocenters. The maximum atomic E-state index is 12.9. The van der Waals surface area contributed by atoms with E-state index in [-0.39, 0.29) is 14.9 Å². The first kappa shape index (κ1) is 18.2. The molecule has 1 fully saturated rings. The first-order valence-electron chi connectivity index (χ1n) is 7.67. The minimum atomic E-state index is -3.63. The number of rotatable bonds is 4. The van der Waals surface area contributed by atoms with Crippen LogP contribution in [0.15, 0.2) is 40.6 Å². The molecule has 0 radical (unpaired) electrons. The molecule has 1 aromatic heterocycles. The maximum absolute atomic E-state index is 12.9. The second kappa shape index (κ2) is 7.72. The summed E-state index contributed by atoms with van der Waals surface area (Å²) in [6, 6.07) is 8.86. The fourth-order valence-electron chi connectivity index (χ4n) is 2.79. The Bertz CT molecular complexity index is 794. The van der Waals surface area contributed by atoms with Crippen molar-refractivity contribution in [2.24, 2.45) is 0 Å². The van der Waals surface area contributed by atoms with Gasteiger partial charge in [0, 0.05) is 31.1 Å². The minimum absolute atomic E-state index is 0.0865. The second-order valence-corrected chi connectivity index (χ2v) is 9.39. The van der Waals surface area contributed by atoms with Crippen LogP contribution >= 0.6 is 34.5 Å². The van der Waals surface area contributed by atoms with Gasteiger partial charge >= 0.3 is 0 Å². The second-order valence-electron chi connectivity index (χ2n) is 5.67. The summed E-state index contributed by atoms with van der Waals surface area (Å²) in [5, 5.41) is 2.41. The summed E-state index contributed by atoms with van der Waals surface area (Å²) in [4.78, 5) is 3.67. The third-order valence-electron chi connectivity index (χ3n) is 4.04. The summed E-state index contributed by atoms with van der Waals surface area (Å²) in [7, 11) is -3.63. The van der Waals surface area contributed by atoms with E-state index in [9.17, 15) is 8.42 Å². The molecule has 2 aromatic rings. The first-order chi connectivity index (χ1) is 11.5. The molecular formula is C16H18Cl2N2O2S2. The van der Waals surface area contributed by atoms with Gasteiger partial charge in [-0.3, -0.25) is 4.90 Å². The van der Waals surface area contributed by atoms with Crippen molar-refractivity contribution >= 4 is 44.6 Å². The highest BCUT2D eigenvalue weighted by molar-refractivity contribution is 7.89. The Hall–Kier alpha value is -0.630. The summed E-state index contributed by atoms with van der Waals surface area (Å²) >= 11 is 13.8. The van der Waals surface area contributed by atoms with Crippen LogP contribution < -0.4 is 0 Å². The number of thiophene rings is 1. The Morgan fingerprint density at radius 1 is 1.04 bits per heavy atom. The lowest BCUT2D eigenvalue weighted by Gasteiger charge is -2.22. The Labute approximate surface area is 156 Å². The summed E-state index contributed by atoms with van der Waals surface area (Å²) in [6.45, 7) is 3.40. The zero-order valence-electron chi connectivity index (χ0n) is 13.0. The van der Waals surface area contributed by atoms with Crippen molar-refractivity contribution in [1.29, 1.82) is 0 Å². The van der Waals surface area contributed by atoms with Gasteiger partial charge in [-0.25, -0.2) is 8.42 Å². The number of hydrogen-bond donors (Lipinski definition) is 0. The van der Waals surface area contributed by atoms with Crippen molar-refractivity contribution in [2.75, 3.05) is 26.2 Å². The van der Waals surface area contributed by atoms with Crippen molar-refractivity contribution < 1.29 is 8.42 Å². The van der Waals surface area contributed by atoms with Crippen LogP contribution in [0, 0.1) is 0 Å². The average molecular weight is 405 g/mol. The molecule has 1 aromatic carbocycles. The van der Waals surface area contributed by atoms with E-state index in [4.69, 9.17) is 23.2 Å². The molecule has 0 aliphatic carbocycles. The summed E-state index contributed by atoms with van der Waals surface area (Å²) in [6.07, 6.45) is 0.794. The molecule has 0 spiro atoms. The topological polar surface area (TPSA) is 40.6 Å². The molecule has 1 aliphatic heterocycles. The fourth-order valence-corrected chi connectivity index (χ4v) is 5.74. The third-order valence-corrected chi connectivity index (χ3v) is 7.77. The molecule has 0 amide bonds. The molecule has 0 N–H and O–H groups in total. The summed E-state index contributed by atoms with van der Waals surface area (Å²) in [5.74, 6) is 0. The molecular weight excluding hydrogens is 387 g/mol. The monoisotopic (exact) mass is 404 g/mol. The Kier molecular flexibility index (Phi) is 5.85. The fraction of sp³-hybridized carbons (Fsp3) is 0.375. The lowest BCUT2D eigenvalue weighted by molar-refractivity contribution is 0.281. The minimum Gasteiger partial charge on any atom is -0.297 e. The highest BCUT2D eigenvalue weighted by atomic mass is 35.5. The van der Waals surface area contributed by atoms with Gasteiger partial charge < -0.3 is 0 Å². The lowest BCUT2D eigenvalue weighted by Crippen LogP contribution is -2.35. The zero-order chi connectivity index (χ0) is 17.2. The molecule has 3 rings (SSSR count). The summed E-state index contributed by atoms with van der Waals surface area (Å²) < 4.78 is 27.3. The van der Waals surface area contributed by atoms with E-state index >= 15 is 0 Å². The molecule has 4 nitrogen and oxygen atoms in total. The number of halogens is 2. The van der Waals surface area contributed by atoms with Gasteiger partial charge in [0.25, 0.3) is 0 Å². The molecule has 8 heteroatoms. The molecule has 0 bridgehead atoms. The van der Waals surface area contributed by atoms with E-state index in [1.165, 1.54) is 15.2 Å². The van der Waals surface area contributed by atoms with Crippen molar-refractivity contribution in [3.8, 4) is 0 Å². The van der Waals surface area contributed by atoms with Crippen LogP contribution in [0.4, 0.5) is 0 Å². The molecule has 1 aliphatic rings. The van der Waals surface area contributed by atoms with E-state index in [1.54, 1.807) is 23.5 Å². The van der Waals surface area contributed by atoms with Crippen LogP contribution in [-0.4, -0.2) is 43.8 Å².